The molecule has 1 aliphatic rings. The van der Waals surface area contributed by atoms with E-state index in [1.165, 1.54) is 17.0 Å². The number of nitrogens with zero attached hydrogens (tertiary/aromatic N) is 1. The number of para-hydroxylation sites is 1. The van der Waals surface area contributed by atoms with Crippen LogP contribution in [0.2, 0.25) is 0 Å². The van der Waals surface area contributed by atoms with E-state index in [0.717, 1.165) is 12.0 Å². The molecule has 0 radical (unpaired) electrons. The van der Waals surface area contributed by atoms with Crippen LogP contribution in [0.15, 0.2) is 94.4 Å². The van der Waals surface area contributed by atoms with E-state index >= 15 is 0 Å². The first kappa shape index (κ1) is 24.5. The number of aryl methyl sites for hydroxylation is 1. The molecule has 0 saturated carbocycles. The average Bonchev–Trinajstić information content (AvgIpc) is 3.11. The van der Waals surface area contributed by atoms with Gasteiger partial charge in [-0.15, -0.1) is 0 Å². The van der Waals surface area contributed by atoms with E-state index in [1.807, 2.05) is 6.92 Å². The molecule has 0 aliphatic carbocycles. The molecule has 3 aromatic carbocycles. The number of hydrogen-bond acceptors (Lipinski definition) is 5. The summed E-state index contributed by atoms with van der Waals surface area (Å²) in [4.78, 5) is 14.3. The Kier molecular flexibility index (Phi) is 6.98. The highest BCUT2D eigenvalue weighted by Gasteiger charge is 2.47. The Hall–Kier alpha value is -3.58. The first-order valence-electron chi connectivity index (χ1n) is 11.6. The number of ether oxygens (including phenoxy) is 1. The zero-order chi connectivity index (χ0) is 25.2. The molecule has 1 heterocycles. The maximum Gasteiger partial charge on any atom is 0.295 e. The predicted molar refractivity (Wildman–Crippen MR) is 136 cm³/mol. The third-order valence-electron chi connectivity index (χ3n) is 5.95. The van der Waals surface area contributed by atoms with Crippen LogP contribution in [-0.4, -0.2) is 26.0 Å². The number of sulfone groups is 1. The predicted octanol–water partition coefficient (Wildman–Crippen LogP) is 5.75. The summed E-state index contributed by atoms with van der Waals surface area (Å²) in [5.74, 6) is -0.490. The van der Waals surface area contributed by atoms with Gasteiger partial charge in [0.25, 0.3) is 5.91 Å². The molecule has 35 heavy (non-hydrogen) atoms. The average molecular weight is 492 g/mol. The maximum absolute atomic E-state index is 13.8. The molecule has 7 heteroatoms. The van der Waals surface area contributed by atoms with Crippen molar-refractivity contribution in [2.75, 3.05) is 11.5 Å². The van der Waals surface area contributed by atoms with Gasteiger partial charge in [0.05, 0.1) is 11.5 Å². The van der Waals surface area contributed by atoms with Crippen LogP contribution in [0.1, 0.15) is 37.4 Å². The maximum atomic E-state index is 13.8. The summed E-state index contributed by atoms with van der Waals surface area (Å²) in [6, 6.07) is 21.1. The van der Waals surface area contributed by atoms with Gasteiger partial charge in [-0.25, -0.2) is 8.42 Å². The van der Waals surface area contributed by atoms with E-state index in [1.54, 1.807) is 66.7 Å². The molecule has 1 atom stereocenters. The number of rotatable bonds is 8. The summed E-state index contributed by atoms with van der Waals surface area (Å²) in [5, 5.41) is 10.9. The molecule has 1 amide bonds. The molecule has 0 spiro atoms. The molecule has 0 unspecified atom stereocenters. The highest BCUT2D eigenvalue weighted by molar-refractivity contribution is 7.95. The van der Waals surface area contributed by atoms with Gasteiger partial charge in [-0.2, -0.15) is 0 Å². The standard InChI is InChI=1S/C28H29NO5S/c1-19(2)16-17-34-23-11-7-8-21(18-23)25-27(35(32,33)24-14-12-20(3)13-15-24)26(30)28(31)29(25)22-9-5-4-6-10-22/h4-15,18-19,25,30H,16-17H2,1-3H3/t25-/m0/s1. The molecule has 0 aromatic heterocycles. The zero-order valence-corrected chi connectivity index (χ0v) is 20.8. The van der Waals surface area contributed by atoms with Gasteiger partial charge >= 0.3 is 0 Å². The van der Waals surface area contributed by atoms with Crippen LogP contribution >= 0.6 is 0 Å². The Morgan fingerprint density at radius 3 is 2.31 bits per heavy atom. The fraction of sp³-hybridized carbons (Fsp3) is 0.250. The quantitative estimate of drug-likeness (QED) is 0.434. The van der Waals surface area contributed by atoms with Crippen LogP contribution in [0.3, 0.4) is 0 Å². The SMILES string of the molecule is Cc1ccc(S(=O)(=O)C2=C(O)C(=O)N(c3ccccc3)[C@H]2c2cccc(OCCC(C)C)c2)cc1. The van der Waals surface area contributed by atoms with Crippen LogP contribution in [0.5, 0.6) is 5.75 Å². The van der Waals surface area contributed by atoms with Crippen LogP contribution < -0.4 is 9.64 Å². The fourth-order valence-electron chi connectivity index (χ4n) is 4.04. The van der Waals surface area contributed by atoms with Gasteiger partial charge in [-0.3, -0.25) is 9.69 Å². The van der Waals surface area contributed by atoms with Crippen molar-refractivity contribution >= 4 is 21.4 Å². The lowest BCUT2D eigenvalue weighted by atomic mass is 10.1. The second-order valence-electron chi connectivity index (χ2n) is 9.05. The van der Waals surface area contributed by atoms with Crippen molar-refractivity contribution < 1.29 is 23.1 Å². The highest BCUT2D eigenvalue weighted by atomic mass is 32.2. The Morgan fingerprint density at radius 1 is 0.971 bits per heavy atom. The molecule has 182 valence electrons. The van der Waals surface area contributed by atoms with Crippen molar-refractivity contribution in [2.24, 2.45) is 5.92 Å². The molecule has 4 rings (SSSR count). The molecule has 3 aromatic rings. The Labute approximate surface area is 206 Å². The lowest BCUT2D eigenvalue weighted by Crippen LogP contribution is -2.31. The van der Waals surface area contributed by atoms with E-state index in [2.05, 4.69) is 13.8 Å². The lowest BCUT2D eigenvalue weighted by molar-refractivity contribution is -0.117. The largest absolute Gasteiger partial charge is 0.502 e. The molecular weight excluding hydrogens is 462 g/mol. The van der Waals surface area contributed by atoms with E-state index in [0.29, 0.717) is 29.5 Å². The van der Waals surface area contributed by atoms with Crippen molar-refractivity contribution in [1.82, 2.24) is 0 Å². The molecule has 6 nitrogen and oxygen atoms in total. The number of aliphatic hydroxyl groups excluding tert-OH is 1. The second-order valence-corrected chi connectivity index (χ2v) is 11.0. The number of carbonyl (C=O) groups is 1. The molecule has 1 N–H and O–H groups in total. The monoisotopic (exact) mass is 491 g/mol. The molecule has 0 bridgehead atoms. The van der Waals surface area contributed by atoms with Gasteiger partial charge in [0.15, 0.2) is 5.76 Å². The van der Waals surface area contributed by atoms with Gasteiger partial charge < -0.3 is 9.84 Å². The first-order chi connectivity index (χ1) is 16.7. The molecular formula is C28H29NO5S. The normalized spacial score (nSPS) is 16.3. The van der Waals surface area contributed by atoms with Crippen molar-refractivity contribution in [1.29, 1.82) is 0 Å². The summed E-state index contributed by atoms with van der Waals surface area (Å²) >= 11 is 0. The summed E-state index contributed by atoms with van der Waals surface area (Å²) in [6.45, 7) is 6.59. The van der Waals surface area contributed by atoms with Gasteiger partial charge in [0, 0.05) is 5.69 Å². The summed E-state index contributed by atoms with van der Waals surface area (Å²) in [6.07, 6.45) is 0.871. The summed E-state index contributed by atoms with van der Waals surface area (Å²) in [7, 11) is -4.19. The van der Waals surface area contributed by atoms with Crippen molar-refractivity contribution in [3.8, 4) is 5.75 Å². The minimum atomic E-state index is -4.19. The molecule has 1 aliphatic heterocycles. The number of benzene rings is 3. The first-order valence-corrected chi connectivity index (χ1v) is 13.0. The number of anilines is 1. The Bertz CT molecular complexity index is 1350. The van der Waals surface area contributed by atoms with E-state index < -0.39 is 27.5 Å². The summed E-state index contributed by atoms with van der Waals surface area (Å²) < 4.78 is 33.4. The van der Waals surface area contributed by atoms with Crippen molar-refractivity contribution in [3.05, 3.63) is 101 Å². The van der Waals surface area contributed by atoms with Crippen LogP contribution in [0, 0.1) is 12.8 Å². The minimum absolute atomic E-state index is 0.0155. The van der Waals surface area contributed by atoms with Gasteiger partial charge in [-0.05, 0) is 61.2 Å². The highest BCUT2D eigenvalue weighted by Crippen LogP contribution is 2.45. The fourth-order valence-corrected chi connectivity index (χ4v) is 5.67. The zero-order valence-electron chi connectivity index (χ0n) is 20.0. The number of amides is 1. The van der Waals surface area contributed by atoms with Crippen molar-refractivity contribution in [2.45, 2.75) is 38.1 Å². The van der Waals surface area contributed by atoms with Crippen LogP contribution in [0.4, 0.5) is 5.69 Å². The van der Waals surface area contributed by atoms with Gasteiger partial charge in [-0.1, -0.05) is 61.9 Å². The molecule has 0 saturated heterocycles. The third-order valence-corrected chi connectivity index (χ3v) is 7.84. The smallest absolute Gasteiger partial charge is 0.295 e. The summed E-state index contributed by atoms with van der Waals surface area (Å²) in [5.41, 5.74) is 1.91. The lowest BCUT2D eigenvalue weighted by Gasteiger charge is -2.27. The van der Waals surface area contributed by atoms with Crippen molar-refractivity contribution in [3.63, 3.8) is 0 Å². The third kappa shape index (κ3) is 4.95. The minimum Gasteiger partial charge on any atom is -0.502 e. The van der Waals surface area contributed by atoms with Gasteiger partial charge in [0.2, 0.25) is 9.84 Å². The Balaban J connectivity index is 1.84. The van der Waals surface area contributed by atoms with E-state index in [4.69, 9.17) is 4.74 Å². The number of carbonyl (C=O) groups excluding carboxylic acids is 1. The van der Waals surface area contributed by atoms with Gasteiger partial charge in [0.1, 0.15) is 16.7 Å². The van der Waals surface area contributed by atoms with Crippen LogP contribution in [-0.2, 0) is 14.6 Å². The van der Waals surface area contributed by atoms with E-state index in [-0.39, 0.29) is 9.80 Å². The number of aliphatic hydroxyl groups is 1. The topological polar surface area (TPSA) is 83.9 Å². The number of hydrogen-bond donors (Lipinski definition) is 1. The molecule has 0 fully saturated rings. The Morgan fingerprint density at radius 2 is 1.66 bits per heavy atom. The second kappa shape index (κ2) is 9.96. The van der Waals surface area contributed by atoms with Crippen LogP contribution in [0.25, 0.3) is 0 Å². The van der Waals surface area contributed by atoms with E-state index in [9.17, 15) is 18.3 Å².